The van der Waals surface area contributed by atoms with Crippen molar-refractivity contribution < 1.29 is 49.3 Å². The molecule has 0 aromatic heterocycles. The van der Waals surface area contributed by atoms with Crippen molar-refractivity contribution in [2.24, 2.45) is 0 Å². The lowest BCUT2D eigenvalue weighted by atomic mass is 10.3. The van der Waals surface area contributed by atoms with Gasteiger partial charge in [-0.1, -0.05) is 0 Å². The van der Waals surface area contributed by atoms with Crippen molar-refractivity contribution in [2.45, 2.75) is 0 Å². The van der Waals surface area contributed by atoms with E-state index >= 15 is 8.78 Å². The highest BCUT2D eigenvalue weighted by molar-refractivity contribution is 6.96. The summed E-state index contributed by atoms with van der Waals surface area (Å²) >= 11 is -4.37. The Morgan fingerprint density at radius 1 is 0.515 bits per heavy atom. The molecule has 3 rings (SSSR count). The number of hydrogen-bond donors (Lipinski definition) is 0. The molecule has 0 atom stereocenters. The monoisotopic (exact) mass is 492 g/mol. The summed E-state index contributed by atoms with van der Waals surface area (Å²) in [6, 6.07) is 1.31. The van der Waals surface area contributed by atoms with E-state index in [9.17, 15) is 26.3 Å². The number of rotatable bonds is 6. The maximum atomic E-state index is 15.2. The van der Waals surface area contributed by atoms with Gasteiger partial charge in [-0.2, -0.15) is 0 Å². The number of halogens is 8. The zero-order valence-corrected chi connectivity index (χ0v) is 18.3. The Morgan fingerprint density at radius 2 is 0.939 bits per heavy atom. The van der Waals surface area contributed by atoms with Crippen molar-refractivity contribution in [3.8, 4) is 17.2 Å². The minimum atomic E-state index is -4.37. The van der Waals surface area contributed by atoms with Gasteiger partial charge in [-0.05, 0) is 13.3 Å². The van der Waals surface area contributed by atoms with Crippen LogP contribution >= 0.6 is 0 Å². The zero-order valence-electron chi connectivity index (χ0n) is 17.1. The van der Waals surface area contributed by atoms with Crippen LogP contribution in [0.1, 0.15) is 0 Å². The second-order valence-corrected chi connectivity index (χ2v) is 9.24. The molecule has 174 valence electrons. The molecule has 0 aliphatic heterocycles. The lowest BCUT2D eigenvalue weighted by Crippen LogP contribution is -2.58. The summed E-state index contributed by atoms with van der Waals surface area (Å²) in [5.41, 5.74) is 0. The summed E-state index contributed by atoms with van der Waals surface area (Å²) in [6.45, 7) is 0. The molecule has 3 nitrogen and oxygen atoms in total. The lowest BCUT2D eigenvalue weighted by molar-refractivity contribution is 0.357. The molecule has 0 saturated heterocycles. The van der Waals surface area contributed by atoms with Crippen molar-refractivity contribution in [1.82, 2.24) is 0 Å². The van der Waals surface area contributed by atoms with E-state index in [1.807, 2.05) is 0 Å². The fourth-order valence-electron chi connectivity index (χ4n) is 3.52. The quantitative estimate of drug-likeness (QED) is 0.391. The Kier molecular flexibility index (Phi) is 7.09. The molecule has 3 aromatic carbocycles. The van der Waals surface area contributed by atoms with Gasteiger partial charge in [0.15, 0.2) is 34.8 Å². The van der Waals surface area contributed by atoms with Gasteiger partial charge in [0.2, 0.25) is 0 Å². The molecule has 0 heterocycles. The minimum absolute atomic E-state index is 0.182. The first-order chi connectivity index (χ1) is 15.6. The Bertz CT molecular complexity index is 1170. The normalized spacial score (nSPS) is 10.9. The predicted octanol–water partition coefficient (Wildman–Crippen LogP) is 3.34. The third kappa shape index (κ3) is 4.20. The standard InChI is InChI=1S/2C7H4F3O.C7H5F2O.Al/c2*1-11-7-5(9)2-4(8)3-6(7)10;1-10-7-3-5(8)2-6(9)4-7;/h2*2H,1H3;2-3H,1H3;. The van der Waals surface area contributed by atoms with Crippen LogP contribution in [0.2, 0.25) is 0 Å². The van der Waals surface area contributed by atoms with E-state index < -0.39 is 91.2 Å². The molecule has 0 aliphatic rings. The van der Waals surface area contributed by atoms with Gasteiger partial charge in [0.05, 0.1) is 21.3 Å². The van der Waals surface area contributed by atoms with Crippen molar-refractivity contribution in [2.75, 3.05) is 21.3 Å². The molecule has 0 saturated carbocycles. The second kappa shape index (κ2) is 9.49. The lowest BCUT2D eigenvalue weighted by Gasteiger charge is -2.21. The maximum absolute atomic E-state index is 15.2. The molecule has 0 aliphatic carbocycles. The molecular formula is C21H13AlF8O3. The third-order valence-corrected chi connectivity index (χ3v) is 8.23. The van der Waals surface area contributed by atoms with E-state index in [0.717, 1.165) is 21.3 Å². The van der Waals surface area contributed by atoms with Crippen LogP contribution < -0.4 is 27.5 Å². The van der Waals surface area contributed by atoms with Crippen molar-refractivity contribution in [3.63, 3.8) is 0 Å². The van der Waals surface area contributed by atoms with Gasteiger partial charge < -0.3 is 14.2 Å². The van der Waals surface area contributed by atoms with Gasteiger partial charge >= 0.3 is 14.1 Å². The molecule has 33 heavy (non-hydrogen) atoms. The third-order valence-electron chi connectivity index (χ3n) is 4.88. The fourth-order valence-corrected chi connectivity index (χ4v) is 6.72. The molecule has 0 N–H and O–H groups in total. The van der Waals surface area contributed by atoms with Crippen molar-refractivity contribution in [3.05, 3.63) is 70.8 Å². The molecule has 12 heteroatoms. The maximum Gasteiger partial charge on any atom is 0.413 e. The first-order valence-electron chi connectivity index (χ1n) is 9.02. The van der Waals surface area contributed by atoms with E-state index in [2.05, 4.69) is 9.47 Å². The van der Waals surface area contributed by atoms with Crippen LogP contribution in [0, 0.1) is 46.5 Å². The highest BCUT2D eigenvalue weighted by Gasteiger charge is 2.43. The molecule has 3 aromatic rings. The van der Waals surface area contributed by atoms with E-state index in [-0.39, 0.29) is 12.1 Å². The summed E-state index contributed by atoms with van der Waals surface area (Å²) in [4.78, 5) is 0. The minimum Gasteiger partial charge on any atom is -0.498 e. The molecule has 0 fully saturated rings. The first-order valence-corrected chi connectivity index (χ1v) is 10.8. The first kappa shape index (κ1) is 24.7. The summed E-state index contributed by atoms with van der Waals surface area (Å²) in [7, 11) is 2.65. The topological polar surface area (TPSA) is 27.7 Å². The summed E-state index contributed by atoms with van der Waals surface area (Å²) in [5.74, 6) is -15.1. The predicted molar refractivity (Wildman–Crippen MR) is 103 cm³/mol. The van der Waals surface area contributed by atoms with Gasteiger partial charge in [-0.25, -0.2) is 35.1 Å². The smallest absolute Gasteiger partial charge is 0.413 e. The Labute approximate surface area is 186 Å². The SMILES string of the molecule is COc1cc(F)cc(F)[c]1[Al]([c]1c(F)cc(F)c(OC)c1F)[c]1c(F)cc(F)c(OC)c1F. The average molecular weight is 492 g/mol. The van der Waals surface area contributed by atoms with Crippen LogP contribution in [0.3, 0.4) is 0 Å². The van der Waals surface area contributed by atoms with Crippen LogP contribution in [0.5, 0.6) is 17.2 Å². The van der Waals surface area contributed by atoms with Gasteiger partial charge in [-0.3, -0.25) is 0 Å². The Hall–Kier alpha value is -2.97. The van der Waals surface area contributed by atoms with E-state index in [1.54, 1.807) is 0 Å². The number of hydrogen-bond acceptors (Lipinski definition) is 3. The zero-order chi connectivity index (χ0) is 24.6. The summed E-state index contributed by atoms with van der Waals surface area (Å²) < 4.78 is 128. The fraction of sp³-hybridized carbons (Fsp3) is 0.143. The van der Waals surface area contributed by atoms with Crippen LogP contribution in [0.4, 0.5) is 35.1 Å². The second-order valence-electron chi connectivity index (χ2n) is 6.64. The molecule has 0 radical (unpaired) electrons. The van der Waals surface area contributed by atoms with E-state index in [1.165, 1.54) is 0 Å². The molecule has 0 bridgehead atoms. The molecule has 0 spiro atoms. The van der Waals surface area contributed by atoms with Gasteiger partial charge in [0.25, 0.3) is 0 Å². The molecule has 0 amide bonds. The largest absolute Gasteiger partial charge is 0.498 e. The highest BCUT2D eigenvalue weighted by Crippen LogP contribution is 2.26. The number of ether oxygens (including phenoxy) is 3. The Morgan fingerprint density at radius 3 is 1.33 bits per heavy atom. The van der Waals surface area contributed by atoms with Crippen LogP contribution in [-0.2, 0) is 0 Å². The Balaban J connectivity index is 2.56. The number of benzene rings is 3. The van der Waals surface area contributed by atoms with Crippen LogP contribution in [0.15, 0.2) is 24.3 Å². The highest BCUT2D eigenvalue weighted by atomic mass is 27.2. The summed E-state index contributed by atoms with van der Waals surface area (Å²) in [6.07, 6.45) is 0. The van der Waals surface area contributed by atoms with Crippen LogP contribution in [-0.4, -0.2) is 35.5 Å². The van der Waals surface area contributed by atoms with Crippen LogP contribution in [0.25, 0.3) is 0 Å². The van der Waals surface area contributed by atoms with Gasteiger partial charge in [0.1, 0.15) is 29.0 Å². The van der Waals surface area contributed by atoms with Crippen molar-refractivity contribution in [1.29, 1.82) is 0 Å². The average Bonchev–Trinajstić information content (AvgIpc) is 2.72. The van der Waals surface area contributed by atoms with E-state index in [0.29, 0.717) is 12.1 Å². The van der Waals surface area contributed by atoms with E-state index in [4.69, 9.17) is 4.74 Å². The van der Waals surface area contributed by atoms with Gasteiger partial charge in [-0.15, -0.1) is 0 Å². The number of methoxy groups -OCH3 is 3. The van der Waals surface area contributed by atoms with Gasteiger partial charge in [0, 0.05) is 24.3 Å². The molecular weight excluding hydrogens is 479 g/mol. The van der Waals surface area contributed by atoms with Crippen molar-refractivity contribution >= 4 is 27.4 Å². The summed E-state index contributed by atoms with van der Waals surface area (Å²) in [5, 5.41) is 0. The molecule has 0 unspecified atom stereocenters.